The third kappa shape index (κ3) is 10.9. The van der Waals surface area contributed by atoms with Crippen molar-refractivity contribution in [3.8, 4) is 0 Å². The number of hydrogen-bond acceptors (Lipinski definition) is 6. The van der Waals surface area contributed by atoms with Gasteiger partial charge in [-0.2, -0.15) is 0 Å². The van der Waals surface area contributed by atoms with Gasteiger partial charge < -0.3 is 19.3 Å². The van der Waals surface area contributed by atoms with Crippen LogP contribution in [-0.4, -0.2) is 36.9 Å². The van der Waals surface area contributed by atoms with E-state index in [0.29, 0.717) is 12.8 Å². The summed E-state index contributed by atoms with van der Waals surface area (Å²) in [6.07, 6.45) is 8.06. The first-order valence-electron chi connectivity index (χ1n) is 17.3. The number of carbonyl (C=O) groups excluding carboxylic acids is 2. The molecule has 6 heteroatoms. The van der Waals surface area contributed by atoms with Crippen LogP contribution in [0.2, 0.25) is 0 Å². The lowest BCUT2D eigenvalue weighted by Gasteiger charge is -2.37. The van der Waals surface area contributed by atoms with Crippen molar-refractivity contribution in [3.05, 3.63) is 144 Å². The molecule has 0 saturated heterocycles. The highest BCUT2D eigenvalue weighted by molar-refractivity contribution is 5.73. The number of aliphatic hydroxyl groups excluding tert-OH is 1. The summed E-state index contributed by atoms with van der Waals surface area (Å²) in [7, 11) is 1.43. The van der Waals surface area contributed by atoms with Crippen molar-refractivity contribution >= 4 is 11.9 Å². The average Bonchev–Trinajstić information content (AvgIpc) is 3.14. The molecule has 1 N–H and O–H groups in total. The molecule has 0 saturated carbocycles. The quantitative estimate of drug-likeness (QED) is 0.0552. The highest BCUT2D eigenvalue weighted by Gasteiger charge is 2.40. The first kappa shape index (κ1) is 36.6. The number of benzene rings is 4. The van der Waals surface area contributed by atoms with Crippen LogP contribution in [0.1, 0.15) is 86.5 Å². The molecule has 0 spiro atoms. The van der Waals surface area contributed by atoms with Crippen LogP contribution in [0.15, 0.2) is 121 Å². The minimum atomic E-state index is -1.02. The molecular weight excluding hydrogens is 600 g/mol. The zero-order valence-electron chi connectivity index (χ0n) is 28.2. The van der Waals surface area contributed by atoms with E-state index in [1.54, 1.807) is 0 Å². The summed E-state index contributed by atoms with van der Waals surface area (Å²) in [5.41, 5.74) is 2.66. The predicted octanol–water partition coefficient (Wildman–Crippen LogP) is 8.79. The standard InChI is InChI=1S/C42H50O6/c1-46-40(44)31-21-7-5-3-2-4-6-20-30-39(43)38(41(45)47-32-34-22-12-8-13-23-34)33-48-42(35-24-14-9-15-25-35,36-26-16-10-17-27-36)37-28-18-11-19-29-37/h8-19,22-29,38-39,43H,2-7,20-21,30-33H2,1H3/t38-,39-/m1/s1. The second-order valence-corrected chi connectivity index (χ2v) is 12.3. The van der Waals surface area contributed by atoms with Crippen LogP contribution in [-0.2, 0) is 36.0 Å². The number of hydrogen-bond donors (Lipinski definition) is 1. The van der Waals surface area contributed by atoms with E-state index in [4.69, 9.17) is 14.2 Å². The van der Waals surface area contributed by atoms with Gasteiger partial charge in [0.15, 0.2) is 0 Å². The summed E-state index contributed by atoms with van der Waals surface area (Å²) in [5.74, 6) is -1.49. The summed E-state index contributed by atoms with van der Waals surface area (Å²) in [6, 6.07) is 39.7. The molecule has 4 rings (SSSR count). The second-order valence-electron chi connectivity index (χ2n) is 12.3. The van der Waals surface area contributed by atoms with Crippen molar-refractivity contribution in [2.45, 2.75) is 82.5 Å². The number of carbonyl (C=O) groups is 2. The fourth-order valence-corrected chi connectivity index (χ4v) is 6.14. The van der Waals surface area contributed by atoms with Crippen LogP contribution in [0.4, 0.5) is 0 Å². The van der Waals surface area contributed by atoms with Crippen molar-refractivity contribution in [1.82, 2.24) is 0 Å². The smallest absolute Gasteiger partial charge is 0.314 e. The van der Waals surface area contributed by atoms with E-state index in [1.165, 1.54) is 7.11 Å². The Kier molecular flexibility index (Phi) is 15.4. The van der Waals surface area contributed by atoms with Crippen molar-refractivity contribution < 1.29 is 28.9 Å². The molecule has 0 aliphatic rings. The highest BCUT2D eigenvalue weighted by atomic mass is 16.5. The minimum absolute atomic E-state index is 0.0287. The van der Waals surface area contributed by atoms with Crippen LogP contribution >= 0.6 is 0 Å². The zero-order valence-corrected chi connectivity index (χ0v) is 28.2. The maximum atomic E-state index is 13.7. The molecule has 4 aromatic rings. The van der Waals surface area contributed by atoms with Gasteiger partial charge in [-0.3, -0.25) is 9.59 Å². The Morgan fingerprint density at radius 1 is 0.625 bits per heavy atom. The molecule has 0 aromatic heterocycles. The summed E-state index contributed by atoms with van der Waals surface area (Å²) in [4.78, 5) is 25.0. The van der Waals surface area contributed by atoms with Crippen LogP contribution in [0, 0.1) is 5.92 Å². The first-order chi connectivity index (χ1) is 23.5. The van der Waals surface area contributed by atoms with Gasteiger partial charge in [0.05, 0.1) is 19.8 Å². The van der Waals surface area contributed by atoms with E-state index < -0.39 is 23.6 Å². The van der Waals surface area contributed by atoms with Crippen molar-refractivity contribution in [2.24, 2.45) is 5.92 Å². The van der Waals surface area contributed by atoms with Gasteiger partial charge in [0.1, 0.15) is 18.1 Å². The fourth-order valence-electron chi connectivity index (χ4n) is 6.14. The molecule has 0 radical (unpaired) electrons. The number of esters is 2. The van der Waals surface area contributed by atoms with Crippen LogP contribution in [0.25, 0.3) is 0 Å². The van der Waals surface area contributed by atoms with Gasteiger partial charge >= 0.3 is 11.9 Å². The average molecular weight is 651 g/mol. The van der Waals surface area contributed by atoms with E-state index >= 15 is 0 Å². The SMILES string of the molecule is COC(=O)CCCCCCCCCC[C@@H](O)[C@@H](COC(c1ccccc1)(c1ccccc1)c1ccccc1)C(=O)OCc1ccccc1. The molecule has 0 heterocycles. The van der Waals surface area contributed by atoms with Gasteiger partial charge in [-0.25, -0.2) is 0 Å². The maximum Gasteiger partial charge on any atom is 0.314 e. The van der Waals surface area contributed by atoms with Crippen LogP contribution in [0.3, 0.4) is 0 Å². The predicted molar refractivity (Wildman–Crippen MR) is 189 cm³/mol. The topological polar surface area (TPSA) is 82.1 Å². The monoisotopic (exact) mass is 650 g/mol. The van der Waals surface area contributed by atoms with Crippen LogP contribution < -0.4 is 0 Å². The van der Waals surface area contributed by atoms with Gasteiger partial charge in [0, 0.05) is 6.42 Å². The minimum Gasteiger partial charge on any atom is -0.469 e. The Morgan fingerprint density at radius 3 is 1.54 bits per heavy atom. The normalized spacial score (nSPS) is 12.6. The molecular formula is C42H50O6. The lowest BCUT2D eigenvalue weighted by atomic mass is 9.80. The third-order valence-electron chi connectivity index (χ3n) is 8.87. The van der Waals surface area contributed by atoms with Crippen LogP contribution in [0.5, 0.6) is 0 Å². The summed E-state index contributed by atoms with van der Waals surface area (Å²) in [6.45, 7) is 0.1000. The van der Waals surface area contributed by atoms with Gasteiger partial charge in [-0.15, -0.1) is 0 Å². The maximum absolute atomic E-state index is 13.7. The van der Waals surface area contributed by atoms with Gasteiger partial charge in [0.25, 0.3) is 0 Å². The molecule has 2 atom stereocenters. The third-order valence-corrected chi connectivity index (χ3v) is 8.87. The molecule has 0 unspecified atom stereocenters. The summed E-state index contributed by atoms with van der Waals surface area (Å²) in [5, 5.41) is 11.5. The molecule has 6 nitrogen and oxygen atoms in total. The largest absolute Gasteiger partial charge is 0.469 e. The van der Waals surface area contributed by atoms with E-state index in [-0.39, 0.29) is 19.2 Å². The number of unbranched alkanes of at least 4 members (excludes halogenated alkanes) is 7. The number of aliphatic hydroxyl groups is 1. The molecule has 4 aromatic carbocycles. The van der Waals surface area contributed by atoms with E-state index in [9.17, 15) is 14.7 Å². The molecule has 0 aliphatic heterocycles. The molecule has 0 aliphatic carbocycles. The molecule has 254 valence electrons. The van der Waals surface area contributed by atoms with Gasteiger partial charge in [0.2, 0.25) is 0 Å². The molecule has 0 amide bonds. The van der Waals surface area contributed by atoms with Gasteiger partial charge in [-0.05, 0) is 35.1 Å². The highest BCUT2D eigenvalue weighted by Crippen LogP contribution is 2.41. The second kappa shape index (κ2) is 20.2. The number of ether oxygens (including phenoxy) is 3. The number of methoxy groups -OCH3 is 1. The van der Waals surface area contributed by atoms with Crippen molar-refractivity contribution in [2.75, 3.05) is 13.7 Å². The molecule has 0 bridgehead atoms. The molecule has 48 heavy (non-hydrogen) atoms. The number of rotatable bonds is 21. The van der Waals surface area contributed by atoms with Crippen molar-refractivity contribution in [3.63, 3.8) is 0 Å². The van der Waals surface area contributed by atoms with Gasteiger partial charge in [-0.1, -0.05) is 166 Å². The Balaban J connectivity index is 1.46. The molecule has 0 fully saturated rings. The van der Waals surface area contributed by atoms with E-state index in [0.717, 1.165) is 73.6 Å². The first-order valence-corrected chi connectivity index (χ1v) is 17.3. The Hall–Kier alpha value is -4.26. The summed E-state index contributed by atoms with van der Waals surface area (Å²) < 4.78 is 17.5. The Morgan fingerprint density at radius 2 is 1.06 bits per heavy atom. The lowest BCUT2D eigenvalue weighted by molar-refractivity contribution is -0.159. The Labute approximate surface area is 286 Å². The van der Waals surface area contributed by atoms with Crippen molar-refractivity contribution in [1.29, 1.82) is 0 Å². The van der Waals surface area contributed by atoms with E-state index in [2.05, 4.69) is 0 Å². The van der Waals surface area contributed by atoms with E-state index in [1.807, 2.05) is 121 Å². The summed E-state index contributed by atoms with van der Waals surface area (Å²) >= 11 is 0. The lowest BCUT2D eigenvalue weighted by Crippen LogP contribution is -2.40. The fraction of sp³-hybridized carbons (Fsp3) is 0.381. The Bertz CT molecular complexity index is 1360. The zero-order chi connectivity index (χ0) is 33.9.